The number of para-hydroxylation sites is 1. The van der Waals surface area contributed by atoms with E-state index in [1.165, 1.54) is 221 Å². The van der Waals surface area contributed by atoms with E-state index in [0.29, 0.717) is 0 Å². The van der Waals surface area contributed by atoms with Gasteiger partial charge in [0.15, 0.2) is 0 Å². The Morgan fingerprint density at radius 3 is 1.05 bits per heavy atom. The van der Waals surface area contributed by atoms with Crippen molar-refractivity contribution in [2.24, 2.45) is 0 Å². The molecule has 0 bridgehead atoms. The summed E-state index contributed by atoms with van der Waals surface area (Å²) in [6.45, 7) is 0. The molecule has 3 unspecified atom stereocenters. The molecule has 0 fully saturated rings. The van der Waals surface area contributed by atoms with Crippen molar-refractivity contribution in [3.05, 3.63) is 499 Å². The third-order valence-electron chi connectivity index (χ3n) is 26.7. The molecular weight excluding hydrogens is 1470 g/mol. The lowest BCUT2D eigenvalue weighted by molar-refractivity contribution is 1.01. The summed E-state index contributed by atoms with van der Waals surface area (Å²) in [5.41, 5.74) is 40.6. The van der Waals surface area contributed by atoms with Crippen molar-refractivity contribution < 1.29 is 0 Å². The number of rotatable bonds is 10. The van der Waals surface area contributed by atoms with E-state index in [1.54, 1.807) is 0 Å². The second kappa shape index (κ2) is 28.0. The molecule has 0 spiro atoms. The summed E-state index contributed by atoms with van der Waals surface area (Å²) in [6, 6.07) is 167. The minimum atomic E-state index is 0.169. The zero-order valence-corrected chi connectivity index (χ0v) is 66.8. The highest BCUT2D eigenvalue weighted by atomic mass is 15.0. The van der Waals surface area contributed by atoms with Gasteiger partial charge in [0.25, 0.3) is 0 Å². The van der Waals surface area contributed by atoms with Crippen LogP contribution >= 0.6 is 0 Å². The molecule has 3 nitrogen and oxygen atoms in total. The molecule has 122 heavy (non-hydrogen) atoms. The van der Waals surface area contributed by atoms with Gasteiger partial charge >= 0.3 is 0 Å². The Morgan fingerprint density at radius 1 is 0.139 bits per heavy atom. The van der Waals surface area contributed by atoms with Crippen LogP contribution in [0.5, 0.6) is 0 Å². The van der Waals surface area contributed by atoms with Crippen LogP contribution in [-0.4, -0.2) is 13.7 Å². The van der Waals surface area contributed by atoms with E-state index in [4.69, 9.17) is 0 Å². The zero-order chi connectivity index (χ0) is 80.0. The van der Waals surface area contributed by atoms with E-state index in [9.17, 15) is 0 Å². The van der Waals surface area contributed by atoms with E-state index >= 15 is 0 Å². The van der Waals surface area contributed by atoms with Crippen LogP contribution in [0.2, 0.25) is 0 Å². The standard InChI is InChI=1S/C60H39N.C59H38N2/c1-3-14-38(15-4-1)42-20-13-21-46(33-42)61-57-31-29-44(35-54(57)55-36-53-48-23-10-11-24-49(48)59(56(53)37-58(55)61)40-17-5-2-6-18-40)43-28-30-51-52(34-43)47-22-9-12-25-50(47)60(51)45-27-26-39-16-7-8-19-41(39)32-45;1-3-14-38(15-4-1)42-20-13-21-45(32-42)61-57-31-28-44(35-52(57)53-36-54-50(37-58(53)61)47-22-9-10-24-49(47)59(54)40-17-5-2-6-18-40)43-27-30-56-51(34-43)48-23-11-12-25-55(48)60(56)46-29-26-39-16-7-8-19-41(39)33-46/h1-37,59-60H;1-37,59H. The van der Waals surface area contributed by atoms with Gasteiger partial charge in [-0.25, -0.2) is 0 Å². The van der Waals surface area contributed by atoms with Gasteiger partial charge in [-0.05, 0) is 259 Å². The van der Waals surface area contributed by atoms with E-state index in [0.717, 1.165) is 11.4 Å². The van der Waals surface area contributed by atoms with Gasteiger partial charge < -0.3 is 13.7 Å². The van der Waals surface area contributed by atoms with Crippen LogP contribution in [0.3, 0.4) is 0 Å². The summed E-state index contributed by atoms with van der Waals surface area (Å²) >= 11 is 0. The Labute approximate surface area is 707 Å². The molecule has 23 aromatic rings. The van der Waals surface area contributed by atoms with Gasteiger partial charge in [-0.2, -0.15) is 0 Å². The van der Waals surface area contributed by atoms with Crippen molar-refractivity contribution >= 4 is 87.0 Å². The number of benzene rings is 20. The van der Waals surface area contributed by atoms with Gasteiger partial charge in [0.2, 0.25) is 0 Å². The Kier molecular flexibility index (Phi) is 15.9. The average molecular weight is 1550 g/mol. The number of hydrogen-bond acceptors (Lipinski definition) is 0. The van der Waals surface area contributed by atoms with Crippen molar-refractivity contribution in [2.75, 3.05) is 0 Å². The quantitative estimate of drug-likeness (QED) is 0.130. The lowest BCUT2D eigenvalue weighted by Gasteiger charge is -2.16. The SMILES string of the molecule is c1ccc(-c2cccc(-n3c4ccc(-c5ccc6c(c5)-c5ccccc5C6c5ccc6ccccc6c5)cc4c4cc5c(cc43)C(c3ccccc3)c3ccccc3-5)c2)cc1.c1ccc(-c2cccc(-n3c4ccc(-c5ccc6c(c5)c5ccccc5n6-c5ccc6ccccc6c5)cc4c4cc5c(cc43)-c3ccccc3C5c3ccccc3)c2)cc1. The molecule has 3 aliphatic rings. The Bertz CT molecular complexity index is 8200. The van der Waals surface area contributed by atoms with Crippen LogP contribution in [0.1, 0.15) is 67.8 Å². The van der Waals surface area contributed by atoms with Crippen LogP contribution in [-0.2, 0) is 0 Å². The molecule has 0 amide bonds. The van der Waals surface area contributed by atoms with Crippen molar-refractivity contribution in [1.29, 1.82) is 0 Å². The Balaban J connectivity index is 0.000000134. The number of fused-ring (bicyclic) bond motifs is 20. The number of aromatic nitrogens is 3. The van der Waals surface area contributed by atoms with Crippen LogP contribution in [0.15, 0.2) is 449 Å². The first kappa shape index (κ1) is 69.4. The number of hydrogen-bond donors (Lipinski definition) is 0. The minimum Gasteiger partial charge on any atom is -0.309 e. The fourth-order valence-electron chi connectivity index (χ4n) is 21.1. The van der Waals surface area contributed by atoms with E-state index in [-0.39, 0.29) is 17.8 Å². The molecule has 0 saturated heterocycles. The summed E-state index contributed by atoms with van der Waals surface area (Å²) in [4.78, 5) is 0. The van der Waals surface area contributed by atoms with Crippen LogP contribution in [0.25, 0.3) is 182 Å². The van der Waals surface area contributed by atoms with Gasteiger partial charge in [0.05, 0.1) is 33.1 Å². The maximum Gasteiger partial charge on any atom is 0.0547 e. The molecule has 0 aliphatic heterocycles. The Morgan fingerprint density at radius 2 is 0.492 bits per heavy atom. The lowest BCUT2D eigenvalue weighted by atomic mass is 9.87. The normalized spacial score (nSPS) is 14.1. The topological polar surface area (TPSA) is 14.8 Å². The Hall–Kier alpha value is -15.7. The predicted octanol–water partition coefficient (Wildman–Crippen LogP) is 31.1. The summed E-state index contributed by atoms with van der Waals surface area (Å²) in [7, 11) is 0. The largest absolute Gasteiger partial charge is 0.309 e. The minimum absolute atomic E-state index is 0.169. The molecule has 26 rings (SSSR count). The predicted molar refractivity (Wildman–Crippen MR) is 511 cm³/mol. The number of nitrogens with zero attached hydrogens (tertiary/aromatic N) is 3. The van der Waals surface area contributed by atoms with Crippen molar-refractivity contribution in [3.8, 4) is 95.0 Å². The molecule has 0 saturated carbocycles. The van der Waals surface area contributed by atoms with Gasteiger partial charge in [-0.15, -0.1) is 0 Å². The van der Waals surface area contributed by atoms with Crippen molar-refractivity contribution in [1.82, 2.24) is 13.7 Å². The zero-order valence-electron chi connectivity index (χ0n) is 66.8. The molecule has 3 heteroatoms. The van der Waals surface area contributed by atoms with Gasteiger partial charge in [-0.3, -0.25) is 0 Å². The first-order chi connectivity index (χ1) is 60.5. The molecule has 20 aromatic carbocycles. The second-order valence-electron chi connectivity index (χ2n) is 33.3. The third kappa shape index (κ3) is 11.1. The van der Waals surface area contributed by atoms with Gasteiger partial charge in [-0.1, -0.05) is 340 Å². The van der Waals surface area contributed by atoms with E-state index < -0.39 is 0 Å². The molecule has 3 atom stereocenters. The molecular formula is C119H77N3. The average Bonchev–Trinajstić information content (AvgIpc) is 1.56. The molecule has 3 heterocycles. The van der Waals surface area contributed by atoms with Crippen molar-refractivity contribution in [2.45, 2.75) is 17.8 Å². The fourth-order valence-corrected chi connectivity index (χ4v) is 21.1. The fraction of sp³-hybridized carbons (Fsp3) is 0.0252. The van der Waals surface area contributed by atoms with E-state index in [1.807, 2.05) is 0 Å². The molecule has 568 valence electrons. The monoisotopic (exact) mass is 1550 g/mol. The molecule has 0 N–H and O–H groups in total. The summed E-state index contributed by atoms with van der Waals surface area (Å²) in [6.07, 6.45) is 0. The highest BCUT2D eigenvalue weighted by Crippen LogP contribution is 2.55. The molecule has 3 aromatic heterocycles. The van der Waals surface area contributed by atoms with E-state index in [2.05, 4.69) is 463 Å². The maximum absolute atomic E-state index is 2.51. The molecule has 0 radical (unpaired) electrons. The van der Waals surface area contributed by atoms with Gasteiger partial charge in [0.1, 0.15) is 0 Å². The second-order valence-corrected chi connectivity index (χ2v) is 33.3. The van der Waals surface area contributed by atoms with Crippen LogP contribution in [0.4, 0.5) is 0 Å². The summed E-state index contributed by atoms with van der Waals surface area (Å²) in [5.74, 6) is 0.533. The smallest absolute Gasteiger partial charge is 0.0547 e. The summed E-state index contributed by atoms with van der Waals surface area (Å²) < 4.78 is 7.41. The molecule has 3 aliphatic carbocycles. The highest BCUT2D eigenvalue weighted by molar-refractivity contribution is 6.16. The first-order valence-electron chi connectivity index (χ1n) is 42.6. The highest BCUT2D eigenvalue weighted by Gasteiger charge is 2.35. The lowest BCUT2D eigenvalue weighted by Crippen LogP contribution is -2.00. The van der Waals surface area contributed by atoms with Crippen LogP contribution < -0.4 is 0 Å². The first-order valence-corrected chi connectivity index (χ1v) is 42.6. The third-order valence-corrected chi connectivity index (χ3v) is 26.7. The van der Waals surface area contributed by atoms with Gasteiger partial charge in [0, 0.05) is 67.1 Å². The van der Waals surface area contributed by atoms with Crippen molar-refractivity contribution in [3.63, 3.8) is 0 Å². The van der Waals surface area contributed by atoms with Crippen LogP contribution in [0, 0.1) is 0 Å². The summed E-state index contributed by atoms with van der Waals surface area (Å²) in [5, 5.41) is 12.6. The maximum atomic E-state index is 2.51.